The van der Waals surface area contributed by atoms with E-state index in [4.69, 9.17) is 16.3 Å². The summed E-state index contributed by atoms with van der Waals surface area (Å²) in [6.45, 7) is 1.15. The summed E-state index contributed by atoms with van der Waals surface area (Å²) in [6.07, 6.45) is 3.28. The average Bonchev–Trinajstić information content (AvgIpc) is 2.89. The van der Waals surface area contributed by atoms with Crippen LogP contribution in [0.4, 0.5) is 0 Å². The van der Waals surface area contributed by atoms with Gasteiger partial charge in [-0.15, -0.1) is 10.2 Å². The van der Waals surface area contributed by atoms with Gasteiger partial charge in [-0.3, -0.25) is 0 Å². The first-order valence-electron chi connectivity index (χ1n) is 6.71. The molecule has 106 valence electrons. The topological polar surface area (TPSA) is 60.2 Å². The van der Waals surface area contributed by atoms with Gasteiger partial charge < -0.3 is 14.4 Å². The van der Waals surface area contributed by atoms with Crippen LogP contribution in [0.5, 0.6) is 5.75 Å². The second-order valence-electron chi connectivity index (χ2n) is 4.82. The molecule has 0 atom stereocenters. The average molecular weight is 294 g/mol. The Bertz CT molecular complexity index is 612. The molecule has 2 heterocycles. The Hall–Kier alpha value is -1.59. The molecule has 3 rings (SSSR count). The summed E-state index contributed by atoms with van der Waals surface area (Å²) in [5.41, 5.74) is 0.677. The first kappa shape index (κ1) is 13.4. The van der Waals surface area contributed by atoms with Crippen molar-refractivity contribution in [1.82, 2.24) is 14.8 Å². The summed E-state index contributed by atoms with van der Waals surface area (Å²) in [5, 5.41) is 18.2. The Morgan fingerprint density at radius 2 is 2.20 bits per heavy atom. The van der Waals surface area contributed by atoms with Crippen LogP contribution in [0, 0.1) is 0 Å². The molecular formula is C14H16ClN3O2. The zero-order valence-electron chi connectivity index (χ0n) is 11.0. The zero-order chi connectivity index (χ0) is 13.9. The highest BCUT2D eigenvalue weighted by Gasteiger charge is 2.17. The van der Waals surface area contributed by atoms with Gasteiger partial charge >= 0.3 is 0 Å². The highest BCUT2D eigenvalue weighted by atomic mass is 35.5. The van der Waals surface area contributed by atoms with Gasteiger partial charge in [-0.25, -0.2) is 0 Å². The molecule has 1 aliphatic heterocycles. The first-order valence-corrected chi connectivity index (χ1v) is 7.09. The molecule has 5 nitrogen and oxygen atoms in total. The summed E-state index contributed by atoms with van der Waals surface area (Å²) in [4.78, 5) is 0. The Labute approximate surface area is 122 Å². The number of nitrogens with zero attached hydrogens (tertiary/aromatic N) is 3. The van der Waals surface area contributed by atoms with Crippen LogP contribution in [0.25, 0.3) is 0 Å². The molecule has 0 radical (unpaired) electrons. The van der Waals surface area contributed by atoms with E-state index in [1.165, 1.54) is 0 Å². The highest BCUT2D eigenvalue weighted by molar-refractivity contribution is 6.32. The Morgan fingerprint density at radius 1 is 1.30 bits per heavy atom. The highest BCUT2D eigenvalue weighted by Crippen LogP contribution is 2.29. The Morgan fingerprint density at radius 3 is 3.05 bits per heavy atom. The van der Waals surface area contributed by atoms with E-state index in [2.05, 4.69) is 14.8 Å². The fourth-order valence-electron chi connectivity index (χ4n) is 2.45. The van der Waals surface area contributed by atoms with Crippen LogP contribution < -0.4 is 4.74 Å². The number of hydrogen-bond acceptors (Lipinski definition) is 4. The number of ether oxygens (including phenoxy) is 1. The van der Waals surface area contributed by atoms with Gasteiger partial charge in [0.1, 0.15) is 18.2 Å². The SMILES string of the molecule is OCc1cccc(Cl)c1OCc1nnc2n1CCCC2. The van der Waals surface area contributed by atoms with Gasteiger partial charge in [0.15, 0.2) is 5.82 Å². The third-order valence-corrected chi connectivity index (χ3v) is 3.80. The molecule has 0 saturated carbocycles. The van der Waals surface area contributed by atoms with Gasteiger partial charge in [0, 0.05) is 18.5 Å². The lowest BCUT2D eigenvalue weighted by Gasteiger charge is -2.16. The minimum Gasteiger partial charge on any atom is -0.484 e. The van der Waals surface area contributed by atoms with Gasteiger partial charge in [0.05, 0.1) is 11.6 Å². The number of aromatic nitrogens is 3. The predicted octanol–water partition coefficient (Wildman–Crippen LogP) is 2.34. The molecule has 0 amide bonds. The molecule has 1 aromatic carbocycles. The minimum atomic E-state index is -0.103. The normalized spacial score (nSPS) is 14.1. The van der Waals surface area contributed by atoms with Crippen molar-refractivity contribution in [3.63, 3.8) is 0 Å². The standard InChI is InChI=1S/C14H16ClN3O2/c15-11-5-3-4-10(8-19)14(11)20-9-13-17-16-12-6-1-2-7-18(12)13/h3-5,19H,1-2,6-9H2. The number of para-hydroxylation sites is 1. The van der Waals surface area contributed by atoms with Crippen molar-refractivity contribution in [1.29, 1.82) is 0 Å². The number of aryl methyl sites for hydroxylation is 1. The number of aliphatic hydroxyl groups excluding tert-OH is 1. The summed E-state index contributed by atoms with van der Waals surface area (Å²) >= 11 is 6.11. The van der Waals surface area contributed by atoms with Crippen molar-refractivity contribution >= 4 is 11.6 Å². The Balaban J connectivity index is 1.79. The number of halogens is 1. The molecule has 20 heavy (non-hydrogen) atoms. The van der Waals surface area contributed by atoms with E-state index in [1.807, 2.05) is 0 Å². The molecule has 0 aliphatic carbocycles. The van der Waals surface area contributed by atoms with E-state index < -0.39 is 0 Å². The van der Waals surface area contributed by atoms with Gasteiger partial charge in [0.2, 0.25) is 0 Å². The summed E-state index contributed by atoms with van der Waals surface area (Å²) in [5.74, 6) is 2.35. The van der Waals surface area contributed by atoms with Crippen molar-refractivity contribution in [2.75, 3.05) is 0 Å². The quantitative estimate of drug-likeness (QED) is 0.940. The van der Waals surface area contributed by atoms with Crippen LogP contribution in [-0.4, -0.2) is 19.9 Å². The smallest absolute Gasteiger partial charge is 0.171 e. The largest absolute Gasteiger partial charge is 0.484 e. The molecule has 1 aromatic heterocycles. The van der Waals surface area contributed by atoms with Crippen LogP contribution in [0.1, 0.15) is 30.1 Å². The van der Waals surface area contributed by atoms with Gasteiger partial charge in [-0.2, -0.15) is 0 Å². The molecular weight excluding hydrogens is 278 g/mol. The van der Waals surface area contributed by atoms with Crippen molar-refractivity contribution in [3.05, 3.63) is 40.4 Å². The van der Waals surface area contributed by atoms with E-state index in [9.17, 15) is 5.11 Å². The number of rotatable bonds is 4. The maximum absolute atomic E-state index is 9.32. The molecule has 6 heteroatoms. The minimum absolute atomic E-state index is 0.103. The van der Waals surface area contributed by atoms with E-state index in [-0.39, 0.29) is 6.61 Å². The fraction of sp³-hybridized carbons (Fsp3) is 0.429. The maximum Gasteiger partial charge on any atom is 0.171 e. The summed E-state index contributed by atoms with van der Waals surface area (Å²) < 4.78 is 7.86. The molecule has 0 spiro atoms. The lowest BCUT2D eigenvalue weighted by atomic mass is 10.2. The molecule has 1 aliphatic rings. The van der Waals surface area contributed by atoms with E-state index in [0.717, 1.165) is 37.5 Å². The van der Waals surface area contributed by atoms with Crippen molar-refractivity contribution in [2.45, 2.75) is 39.0 Å². The van der Waals surface area contributed by atoms with Gasteiger partial charge in [-0.1, -0.05) is 23.7 Å². The lowest BCUT2D eigenvalue weighted by molar-refractivity contribution is 0.252. The fourth-order valence-corrected chi connectivity index (χ4v) is 2.70. The molecule has 2 aromatic rings. The van der Waals surface area contributed by atoms with Gasteiger partial charge in [-0.05, 0) is 18.9 Å². The summed E-state index contributed by atoms with van der Waals surface area (Å²) in [7, 11) is 0. The number of hydrogen-bond donors (Lipinski definition) is 1. The third-order valence-electron chi connectivity index (χ3n) is 3.50. The van der Waals surface area contributed by atoms with E-state index in [1.54, 1.807) is 18.2 Å². The van der Waals surface area contributed by atoms with Crippen molar-refractivity contribution < 1.29 is 9.84 Å². The molecule has 0 bridgehead atoms. The van der Waals surface area contributed by atoms with Crippen molar-refractivity contribution in [2.24, 2.45) is 0 Å². The van der Waals surface area contributed by atoms with Crippen molar-refractivity contribution in [3.8, 4) is 5.75 Å². The monoisotopic (exact) mass is 293 g/mol. The second-order valence-corrected chi connectivity index (χ2v) is 5.22. The number of benzene rings is 1. The predicted molar refractivity (Wildman–Crippen MR) is 74.7 cm³/mol. The molecule has 0 unspecified atom stereocenters. The second kappa shape index (κ2) is 5.81. The van der Waals surface area contributed by atoms with Crippen LogP contribution in [0.3, 0.4) is 0 Å². The lowest BCUT2D eigenvalue weighted by Crippen LogP contribution is -2.14. The van der Waals surface area contributed by atoms with Crippen LogP contribution in [-0.2, 0) is 26.2 Å². The van der Waals surface area contributed by atoms with Gasteiger partial charge in [0.25, 0.3) is 0 Å². The Kier molecular flexibility index (Phi) is 3.89. The molecule has 1 N–H and O–H groups in total. The summed E-state index contributed by atoms with van der Waals surface area (Å²) in [6, 6.07) is 5.33. The number of aliphatic hydroxyl groups is 1. The zero-order valence-corrected chi connectivity index (χ0v) is 11.8. The first-order chi connectivity index (χ1) is 9.79. The van der Waals surface area contributed by atoms with E-state index >= 15 is 0 Å². The van der Waals surface area contributed by atoms with Crippen LogP contribution in [0.15, 0.2) is 18.2 Å². The molecule has 0 saturated heterocycles. The maximum atomic E-state index is 9.32. The van der Waals surface area contributed by atoms with Crippen LogP contribution in [0.2, 0.25) is 5.02 Å². The van der Waals surface area contributed by atoms with E-state index in [0.29, 0.717) is 22.9 Å². The van der Waals surface area contributed by atoms with Crippen LogP contribution >= 0.6 is 11.6 Å². The molecule has 0 fully saturated rings. The number of fused-ring (bicyclic) bond motifs is 1. The third kappa shape index (κ3) is 2.51.